The third-order valence-corrected chi connectivity index (χ3v) is 3.15. The quantitative estimate of drug-likeness (QED) is 0.675. The zero-order chi connectivity index (χ0) is 10.5. The third-order valence-electron chi connectivity index (χ3n) is 3.15. The molecule has 1 aromatic rings. The molecule has 1 fully saturated rings. The molecule has 1 nitrogen and oxygen atoms in total. The summed E-state index contributed by atoms with van der Waals surface area (Å²) < 4.78 is 0. The predicted molar refractivity (Wildman–Crippen MR) is 66.2 cm³/mol. The Kier molecular flexibility index (Phi) is 3.44. The Morgan fingerprint density at radius 1 is 1.27 bits per heavy atom. The Bertz CT molecular complexity index is 304. The lowest BCUT2D eigenvalue weighted by molar-refractivity contribution is 0.462. The highest BCUT2D eigenvalue weighted by molar-refractivity contribution is 5.47. The van der Waals surface area contributed by atoms with Gasteiger partial charge in [-0.25, -0.2) is 0 Å². The molecule has 0 aromatic heterocycles. The summed E-state index contributed by atoms with van der Waals surface area (Å²) in [5, 5.41) is 0. The van der Waals surface area contributed by atoms with Crippen molar-refractivity contribution in [1.29, 1.82) is 0 Å². The second-order valence-corrected chi connectivity index (χ2v) is 4.20. The van der Waals surface area contributed by atoms with Crippen molar-refractivity contribution in [2.75, 3.05) is 11.4 Å². The number of hydrogen-bond acceptors (Lipinski definition) is 1. The number of rotatable bonds is 3. The second kappa shape index (κ2) is 5.01. The maximum absolute atomic E-state index is 3.86. The van der Waals surface area contributed by atoms with Crippen molar-refractivity contribution >= 4 is 5.69 Å². The van der Waals surface area contributed by atoms with Crippen LogP contribution in [0, 0.1) is 0 Å². The van der Waals surface area contributed by atoms with E-state index < -0.39 is 0 Å². The fourth-order valence-corrected chi connectivity index (χ4v) is 2.40. The zero-order valence-electron chi connectivity index (χ0n) is 9.23. The number of anilines is 1. The summed E-state index contributed by atoms with van der Waals surface area (Å²) in [5.74, 6) is 0. The number of benzene rings is 1. The van der Waals surface area contributed by atoms with Gasteiger partial charge in [-0.1, -0.05) is 24.3 Å². The van der Waals surface area contributed by atoms with Gasteiger partial charge in [-0.3, -0.25) is 0 Å². The minimum absolute atomic E-state index is 0.665. The number of piperidine rings is 1. The minimum Gasteiger partial charge on any atom is -0.368 e. The topological polar surface area (TPSA) is 3.24 Å². The van der Waals surface area contributed by atoms with E-state index in [-0.39, 0.29) is 0 Å². The van der Waals surface area contributed by atoms with Gasteiger partial charge in [0.2, 0.25) is 0 Å². The largest absolute Gasteiger partial charge is 0.368 e. The highest BCUT2D eigenvalue weighted by Crippen LogP contribution is 2.26. The summed E-state index contributed by atoms with van der Waals surface area (Å²) in [5.41, 5.74) is 1.36. The normalized spacial score (nSPS) is 21.3. The Morgan fingerprint density at radius 2 is 2.07 bits per heavy atom. The molecule has 0 aliphatic carbocycles. The van der Waals surface area contributed by atoms with E-state index in [0.29, 0.717) is 6.04 Å². The Morgan fingerprint density at radius 3 is 2.80 bits per heavy atom. The molecule has 1 aliphatic heterocycles. The monoisotopic (exact) mass is 201 g/mol. The van der Waals surface area contributed by atoms with Crippen LogP contribution in [0.25, 0.3) is 0 Å². The first-order valence-electron chi connectivity index (χ1n) is 5.84. The smallest absolute Gasteiger partial charge is 0.0368 e. The van der Waals surface area contributed by atoms with Crippen molar-refractivity contribution in [3.8, 4) is 0 Å². The molecular formula is C14H19N. The van der Waals surface area contributed by atoms with Crippen LogP contribution in [-0.2, 0) is 0 Å². The van der Waals surface area contributed by atoms with Crippen LogP contribution in [-0.4, -0.2) is 12.6 Å². The first-order valence-corrected chi connectivity index (χ1v) is 5.84. The van der Waals surface area contributed by atoms with Gasteiger partial charge in [0.05, 0.1) is 0 Å². The van der Waals surface area contributed by atoms with Crippen LogP contribution in [0.15, 0.2) is 43.0 Å². The number of para-hydroxylation sites is 1. The molecule has 0 amide bonds. The van der Waals surface area contributed by atoms with Gasteiger partial charge in [-0.05, 0) is 37.8 Å². The van der Waals surface area contributed by atoms with E-state index >= 15 is 0 Å². The molecule has 0 N–H and O–H groups in total. The molecule has 2 rings (SSSR count). The molecule has 80 valence electrons. The second-order valence-electron chi connectivity index (χ2n) is 4.20. The molecule has 15 heavy (non-hydrogen) atoms. The Hall–Kier alpha value is -1.24. The van der Waals surface area contributed by atoms with Crippen molar-refractivity contribution in [2.45, 2.75) is 31.7 Å². The molecule has 1 atom stereocenters. The number of nitrogens with zero attached hydrogens (tertiary/aromatic N) is 1. The molecular weight excluding hydrogens is 182 g/mol. The van der Waals surface area contributed by atoms with Crippen LogP contribution in [0.3, 0.4) is 0 Å². The highest BCUT2D eigenvalue weighted by atomic mass is 15.2. The van der Waals surface area contributed by atoms with Crippen molar-refractivity contribution in [3.05, 3.63) is 43.0 Å². The van der Waals surface area contributed by atoms with E-state index in [0.717, 1.165) is 6.42 Å². The van der Waals surface area contributed by atoms with E-state index in [1.54, 1.807) is 0 Å². The van der Waals surface area contributed by atoms with Gasteiger partial charge in [0.15, 0.2) is 0 Å². The highest BCUT2D eigenvalue weighted by Gasteiger charge is 2.20. The summed E-state index contributed by atoms with van der Waals surface area (Å²) in [6, 6.07) is 11.4. The van der Waals surface area contributed by atoms with Crippen molar-refractivity contribution in [2.24, 2.45) is 0 Å². The van der Waals surface area contributed by atoms with E-state index in [9.17, 15) is 0 Å². The first kappa shape index (κ1) is 10.3. The van der Waals surface area contributed by atoms with Gasteiger partial charge in [-0.2, -0.15) is 0 Å². The number of hydrogen-bond donors (Lipinski definition) is 0. The van der Waals surface area contributed by atoms with E-state index in [2.05, 4.69) is 41.8 Å². The van der Waals surface area contributed by atoms with Gasteiger partial charge in [0.1, 0.15) is 0 Å². The van der Waals surface area contributed by atoms with Crippen LogP contribution in [0.5, 0.6) is 0 Å². The lowest BCUT2D eigenvalue weighted by atomic mass is 9.98. The van der Waals surface area contributed by atoms with Gasteiger partial charge >= 0.3 is 0 Å². The van der Waals surface area contributed by atoms with Crippen LogP contribution in [0.2, 0.25) is 0 Å². The fraction of sp³-hybridized carbons (Fsp3) is 0.429. The third kappa shape index (κ3) is 2.41. The SMILES string of the molecule is C=CCC1CCCCN1c1ccccc1. The summed E-state index contributed by atoms with van der Waals surface area (Å²) >= 11 is 0. The Labute approximate surface area is 92.4 Å². The molecule has 0 bridgehead atoms. The zero-order valence-corrected chi connectivity index (χ0v) is 9.23. The van der Waals surface area contributed by atoms with Gasteiger partial charge < -0.3 is 4.90 Å². The van der Waals surface area contributed by atoms with Crippen molar-refractivity contribution < 1.29 is 0 Å². The van der Waals surface area contributed by atoms with Gasteiger partial charge in [0, 0.05) is 18.3 Å². The minimum atomic E-state index is 0.665. The van der Waals surface area contributed by atoms with E-state index in [1.165, 1.54) is 31.5 Å². The molecule has 0 radical (unpaired) electrons. The van der Waals surface area contributed by atoms with Gasteiger partial charge in [0.25, 0.3) is 0 Å². The average Bonchev–Trinajstić information content (AvgIpc) is 2.31. The summed E-state index contributed by atoms with van der Waals surface area (Å²) in [6.07, 6.45) is 7.14. The molecule has 0 spiro atoms. The molecule has 0 saturated carbocycles. The summed E-state index contributed by atoms with van der Waals surface area (Å²) in [4.78, 5) is 2.53. The lowest BCUT2D eigenvalue weighted by Crippen LogP contribution is -2.39. The van der Waals surface area contributed by atoms with Crippen molar-refractivity contribution in [1.82, 2.24) is 0 Å². The molecule has 1 saturated heterocycles. The molecule has 1 heteroatoms. The predicted octanol–water partition coefficient (Wildman–Crippen LogP) is 3.62. The lowest BCUT2D eigenvalue weighted by Gasteiger charge is -2.37. The maximum Gasteiger partial charge on any atom is 0.0368 e. The standard InChI is InChI=1S/C14H19N/c1-2-8-13-11-6-7-12-15(13)14-9-4-3-5-10-14/h2-5,9-10,13H,1,6-8,11-12H2. The molecule has 1 unspecified atom stereocenters. The molecule has 1 aliphatic rings. The van der Waals surface area contributed by atoms with Crippen LogP contribution in [0.4, 0.5) is 5.69 Å². The summed E-state index contributed by atoms with van der Waals surface area (Å²) in [6.45, 7) is 5.05. The van der Waals surface area contributed by atoms with Gasteiger partial charge in [-0.15, -0.1) is 6.58 Å². The first-order chi connectivity index (χ1) is 7.42. The van der Waals surface area contributed by atoms with Crippen molar-refractivity contribution in [3.63, 3.8) is 0 Å². The van der Waals surface area contributed by atoms with Crippen LogP contribution >= 0.6 is 0 Å². The molecule has 1 aromatic carbocycles. The average molecular weight is 201 g/mol. The fourth-order valence-electron chi connectivity index (χ4n) is 2.40. The Balaban J connectivity index is 2.14. The molecule has 1 heterocycles. The van der Waals surface area contributed by atoms with E-state index in [1.807, 2.05) is 6.08 Å². The van der Waals surface area contributed by atoms with Crippen LogP contribution in [0.1, 0.15) is 25.7 Å². The van der Waals surface area contributed by atoms with E-state index in [4.69, 9.17) is 0 Å². The summed E-state index contributed by atoms with van der Waals surface area (Å²) in [7, 11) is 0. The van der Waals surface area contributed by atoms with Crippen LogP contribution < -0.4 is 4.90 Å². The maximum atomic E-state index is 3.86.